The summed E-state index contributed by atoms with van der Waals surface area (Å²) in [4.78, 5) is 26.8. The number of hydrogen-bond donors (Lipinski definition) is 2. The monoisotopic (exact) mass is 288 g/mol. The summed E-state index contributed by atoms with van der Waals surface area (Å²) in [6.45, 7) is 6.66. The van der Waals surface area contributed by atoms with Crippen molar-refractivity contribution in [2.45, 2.75) is 27.7 Å². The van der Waals surface area contributed by atoms with E-state index in [9.17, 15) is 14.0 Å². The van der Waals surface area contributed by atoms with E-state index in [1.807, 2.05) is 0 Å². The molecule has 0 spiro atoms. The molecule has 5 heteroatoms. The molecular formula is C16H17FN2O2. The smallest absolute Gasteiger partial charge is 0.272 e. The lowest BCUT2D eigenvalue weighted by atomic mass is 10.1. The number of nitrogens with one attached hydrogen (secondary N) is 2. The van der Waals surface area contributed by atoms with Gasteiger partial charge in [0.2, 0.25) is 0 Å². The van der Waals surface area contributed by atoms with Gasteiger partial charge in [-0.2, -0.15) is 0 Å². The molecule has 0 fully saturated rings. The Morgan fingerprint density at radius 3 is 2.38 bits per heavy atom. The summed E-state index contributed by atoms with van der Waals surface area (Å²) in [5.74, 6) is -0.785. The van der Waals surface area contributed by atoms with Gasteiger partial charge in [-0.05, 0) is 57.0 Å². The number of ketones is 1. The normalized spacial score (nSPS) is 10.5. The van der Waals surface area contributed by atoms with E-state index in [2.05, 4.69) is 10.3 Å². The molecule has 2 N–H and O–H groups in total. The Morgan fingerprint density at radius 1 is 1.19 bits per heavy atom. The Morgan fingerprint density at radius 2 is 1.86 bits per heavy atom. The fourth-order valence-electron chi connectivity index (χ4n) is 2.46. The Hall–Kier alpha value is -2.43. The number of amides is 1. The number of anilines is 1. The first kappa shape index (κ1) is 15.0. The summed E-state index contributed by atoms with van der Waals surface area (Å²) < 4.78 is 13.1. The van der Waals surface area contributed by atoms with E-state index in [4.69, 9.17) is 0 Å². The zero-order valence-electron chi connectivity index (χ0n) is 12.4. The van der Waals surface area contributed by atoms with Gasteiger partial charge in [0, 0.05) is 16.9 Å². The lowest BCUT2D eigenvalue weighted by Gasteiger charge is -2.08. The van der Waals surface area contributed by atoms with Crippen molar-refractivity contribution in [1.29, 1.82) is 0 Å². The summed E-state index contributed by atoms with van der Waals surface area (Å²) in [6.07, 6.45) is 0. The molecule has 0 atom stereocenters. The van der Waals surface area contributed by atoms with Crippen LogP contribution in [0.25, 0.3) is 0 Å². The molecule has 110 valence electrons. The van der Waals surface area contributed by atoms with Crippen LogP contribution in [-0.4, -0.2) is 16.7 Å². The van der Waals surface area contributed by atoms with Crippen molar-refractivity contribution in [3.63, 3.8) is 0 Å². The van der Waals surface area contributed by atoms with E-state index in [0.29, 0.717) is 33.8 Å². The number of carbonyl (C=O) groups excluding carboxylic acids is 2. The highest BCUT2D eigenvalue weighted by atomic mass is 19.1. The SMILES string of the molecule is CC(=O)c1c(C)[nH]c(C(=O)Nc2ccc(F)cc2C)c1C. The van der Waals surface area contributed by atoms with Gasteiger partial charge in [0.15, 0.2) is 5.78 Å². The minimum absolute atomic E-state index is 0.0849. The molecule has 0 aliphatic rings. The van der Waals surface area contributed by atoms with Crippen molar-refractivity contribution in [2.75, 3.05) is 5.32 Å². The van der Waals surface area contributed by atoms with Gasteiger partial charge in [-0.25, -0.2) is 4.39 Å². The van der Waals surface area contributed by atoms with Gasteiger partial charge in [0.05, 0.1) is 0 Å². The Labute approximate surface area is 122 Å². The molecule has 2 aromatic rings. The van der Waals surface area contributed by atoms with Gasteiger partial charge in [0.1, 0.15) is 11.5 Å². The second kappa shape index (κ2) is 5.52. The summed E-state index contributed by atoms with van der Waals surface area (Å²) in [5.41, 5.74) is 3.35. The summed E-state index contributed by atoms with van der Waals surface area (Å²) in [5, 5.41) is 2.73. The third kappa shape index (κ3) is 2.86. The minimum Gasteiger partial charge on any atom is -0.354 e. The van der Waals surface area contributed by atoms with Crippen LogP contribution in [0.1, 0.15) is 44.6 Å². The standard InChI is InChI=1S/C16H17FN2O2/c1-8-7-12(17)5-6-13(8)19-16(21)15-9(2)14(11(4)20)10(3)18-15/h5-7,18H,1-4H3,(H,19,21). The Bertz CT molecular complexity index is 732. The van der Waals surface area contributed by atoms with Crippen LogP contribution in [0.2, 0.25) is 0 Å². The summed E-state index contributed by atoms with van der Waals surface area (Å²) >= 11 is 0. The molecule has 0 saturated carbocycles. The highest BCUT2D eigenvalue weighted by molar-refractivity contribution is 6.07. The first-order valence-electron chi connectivity index (χ1n) is 6.59. The molecule has 0 aliphatic carbocycles. The Kier molecular flexibility index (Phi) is 3.93. The van der Waals surface area contributed by atoms with Crippen LogP contribution < -0.4 is 5.32 Å². The van der Waals surface area contributed by atoms with Crippen LogP contribution in [0, 0.1) is 26.6 Å². The fraction of sp³-hybridized carbons (Fsp3) is 0.250. The van der Waals surface area contributed by atoms with Crippen LogP contribution >= 0.6 is 0 Å². The first-order valence-corrected chi connectivity index (χ1v) is 6.59. The number of rotatable bonds is 3. The number of hydrogen-bond acceptors (Lipinski definition) is 2. The van der Waals surface area contributed by atoms with Crippen molar-refractivity contribution < 1.29 is 14.0 Å². The quantitative estimate of drug-likeness (QED) is 0.849. The number of Topliss-reactive ketones (excluding diaryl/α,β-unsaturated/α-hetero) is 1. The van der Waals surface area contributed by atoms with Gasteiger partial charge in [-0.15, -0.1) is 0 Å². The van der Waals surface area contributed by atoms with E-state index in [1.165, 1.54) is 25.1 Å². The van der Waals surface area contributed by atoms with E-state index >= 15 is 0 Å². The number of aryl methyl sites for hydroxylation is 2. The van der Waals surface area contributed by atoms with Crippen molar-refractivity contribution in [3.8, 4) is 0 Å². The predicted octanol–water partition coefficient (Wildman–Crippen LogP) is 3.53. The molecule has 1 amide bonds. The molecule has 0 saturated heterocycles. The third-order valence-electron chi connectivity index (χ3n) is 3.45. The first-order chi connectivity index (χ1) is 9.81. The number of H-pyrrole nitrogens is 1. The zero-order chi connectivity index (χ0) is 15.7. The summed E-state index contributed by atoms with van der Waals surface area (Å²) in [7, 11) is 0. The summed E-state index contributed by atoms with van der Waals surface area (Å²) in [6, 6.07) is 4.15. The Balaban J connectivity index is 2.33. The highest BCUT2D eigenvalue weighted by Gasteiger charge is 2.20. The second-order valence-electron chi connectivity index (χ2n) is 5.09. The average molecular weight is 288 g/mol. The highest BCUT2D eigenvalue weighted by Crippen LogP contribution is 2.21. The number of aromatic amines is 1. The van der Waals surface area contributed by atoms with Crippen LogP contribution in [0.4, 0.5) is 10.1 Å². The molecule has 1 aromatic heterocycles. The maximum Gasteiger partial charge on any atom is 0.272 e. The molecule has 0 aliphatic heterocycles. The number of halogens is 1. The zero-order valence-corrected chi connectivity index (χ0v) is 12.4. The minimum atomic E-state index is -0.351. The second-order valence-corrected chi connectivity index (χ2v) is 5.09. The molecule has 21 heavy (non-hydrogen) atoms. The molecule has 0 radical (unpaired) electrons. The largest absolute Gasteiger partial charge is 0.354 e. The number of carbonyl (C=O) groups is 2. The molecule has 2 rings (SSSR count). The van der Waals surface area contributed by atoms with Crippen LogP contribution in [0.5, 0.6) is 0 Å². The van der Waals surface area contributed by atoms with E-state index < -0.39 is 0 Å². The van der Waals surface area contributed by atoms with Crippen molar-refractivity contribution in [2.24, 2.45) is 0 Å². The third-order valence-corrected chi connectivity index (χ3v) is 3.45. The van der Waals surface area contributed by atoms with Crippen LogP contribution in [0.15, 0.2) is 18.2 Å². The lowest BCUT2D eigenvalue weighted by Crippen LogP contribution is -2.14. The predicted molar refractivity (Wildman–Crippen MR) is 79.4 cm³/mol. The van der Waals surface area contributed by atoms with E-state index in [-0.39, 0.29) is 17.5 Å². The molecular weight excluding hydrogens is 271 g/mol. The van der Waals surface area contributed by atoms with Gasteiger partial charge < -0.3 is 10.3 Å². The van der Waals surface area contributed by atoms with Crippen LogP contribution in [-0.2, 0) is 0 Å². The van der Waals surface area contributed by atoms with Crippen molar-refractivity contribution >= 4 is 17.4 Å². The fourth-order valence-corrected chi connectivity index (χ4v) is 2.46. The van der Waals surface area contributed by atoms with Crippen LogP contribution in [0.3, 0.4) is 0 Å². The topological polar surface area (TPSA) is 62.0 Å². The van der Waals surface area contributed by atoms with Gasteiger partial charge >= 0.3 is 0 Å². The number of benzene rings is 1. The molecule has 1 heterocycles. The van der Waals surface area contributed by atoms with Gasteiger partial charge in [0.25, 0.3) is 5.91 Å². The van der Waals surface area contributed by atoms with Crippen molar-refractivity contribution in [3.05, 3.63) is 52.1 Å². The van der Waals surface area contributed by atoms with E-state index in [1.54, 1.807) is 20.8 Å². The van der Waals surface area contributed by atoms with E-state index in [0.717, 1.165) is 0 Å². The average Bonchev–Trinajstić information content (AvgIpc) is 2.68. The maximum absolute atomic E-state index is 13.1. The molecule has 0 unspecified atom stereocenters. The van der Waals surface area contributed by atoms with Gasteiger partial charge in [-0.1, -0.05) is 0 Å². The van der Waals surface area contributed by atoms with Crippen molar-refractivity contribution in [1.82, 2.24) is 4.98 Å². The van der Waals surface area contributed by atoms with Gasteiger partial charge in [-0.3, -0.25) is 9.59 Å². The number of aromatic nitrogens is 1. The maximum atomic E-state index is 13.1. The molecule has 4 nitrogen and oxygen atoms in total. The molecule has 1 aromatic carbocycles. The lowest BCUT2D eigenvalue weighted by molar-refractivity contribution is 0.101. The molecule has 0 bridgehead atoms.